The van der Waals surface area contributed by atoms with Crippen LogP contribution >= 0.6 is 0 Å². The summed E-state index contributed by atoms with van der Waals surface area (Å²) < 4.78 is 0. The van der Waals surface area contributed by atoms with Crippen molar-refractivity contribution < 1.29 is 10.0 Å². The number of aliphatic hydroxyl groups is 1. The molecule has 0 saturated heterocycles. The van der Waals surface area contributed by atoms with Crippen molar-refractivity contribution in [1.82, 2.24) is 0 Å². The van der Waals surface area contributed by atoms with Gasteiger partial charge in [0.05, 0.1) is 13.1 Å². The maximum atomic E-state index is 11.4. The van der Waals surface area contributed by atoms with Crippen LogP contribution < -0.4 is 4.90 Å². The Kier molecular flexibility index (Phi) is 8.41. The summed E-state index contributed by atoms with van der Waals surface area (Å²) in [5, 5.41) is 11.4. The van der Waals surface area contributed by atoms with E-state index in [2.05, 4.69) is 25.7 Å². The molecule has 0 aromatic heterocycles. The van der Waals surface area contributed by atoms with E-state index < -0.39 is 5.60 Å². The van der Waals surface area contributed by atoms with Gasteiger partial charge in [0.2, 0.25) is 0 Å². The fraction of sp³-hybridized carbons (Fsp3) is 0.417. The largest absolute Gasteiger partial charge is 0.369 e. The van der Waals surface area contributed by atoms with E-state index in [0.717, 1.165) is 30.8 Å². The van der Waals surface area contributed by atoms with E-state index in [1.165, 1.54) is 30.6 Å². The van der Waals surface area contributed by atoms with Gasteiger partial charge in [0.25, 0.3) is 0 Å². The molecule has 0 aliphatic rings. The summed E-state index contributed by atoms with van der Waals surface area (Å²) in [6, 6.07) is 19.5. The molecule has 2 rings (SSSR count). The highest BCUT2D eigenvalue weighted by Crippen LogP contribution is 2.28. The van der Waals surface area contributed by atoms with Gasteiger partial charge in [-0.2, -0.15) is 0 Å². The van der Waals surface area contributed by atoms with E-state index in [1.807, 2.05) is 60.7 Å². The molecule has 0 amide bonds. The van der Waals surface area contributed by atoms with Gasteiger partial charge < -0.3 is 10.0 Å². The summed E-state index contributed by atoms with van der Waals surface area (Å²) in [5.74, 6) is 6.50. The second-order valence-corrected chi connectivity index (χ2v) is 6.88. The third kappa shape index (κ3) is 5.73. The van der Waals surface area contributed by atoms with E-state index in [9.17, 15) is 5.11 Å². The minimum atomic E-state index is -1.26. The number of benzene rings is 2. The summed E-state index contributed by atoms with van der Waals surface area (Å²) in [6.07, 6.45) is 4.87. The Hall–Kier alpha value is -2.08. The lowest BCUT2D eigenvalue weighted by Gasteiger charge is -2.23. The third-order valence-electron chi connectivity index (χ3n) is 4.76. The van der Waals surface area contributed by atoms with Gasteiger partial charge in [0.15, 0.2) is 5.60 Å². The van der Waals surface area contributed by atoms with E-state index in [4.69, 9.17) is 0 Å². The van der Waals surface area contributed by atoms with Crippen LogP contribution in [0.4, 0.5) is 0 Å². The van der Waals surface area contributed by atoms with Crippen LogP contribution in [0.2, 0.25) is 0 Å². The molecule has 2 heteroatoms. The lowest BCUT2D eigenvalue weighted by Crippen LogP contribution is -3.12. The van der Waals surface area contributed by atoms with Crippen LogP contribution in [0.3, 0.4) is 0 Å². The standard InChI is InChI=1S/C24H31NO/c1-3-5-19-25(20-6-4-2)21-13-18-24(26,22-14-9-7-10-15-22)23-16-11-8-12-17-23/h7-12,14-17,26H,3-6,19-21H2,1-2H3/p+1. The topological polar surface area (TPSA) is 24.7 Å². The zero-order valence-electron chi connectivity index (χ0n) is 16.2. The van der Waals surface area contributed by atoms with Crippen LogP contribution in [-0.2, 0) is 5.60 Å². The number of rotatable bonds is 9. The number of quaternary nitrogens is 1. The molecule has 0 spiro atoms. The second kappa shape index (κ2) is 10.8. The predicted octanol–water partition coefficient (Wildman–Crippen LogP) is 3.41. The molecular weight excluding hydrogens is 318 g/mol. The maximum Gasteiger partial charge on any atom is 0.177 e. The first-order valence-corrected chi connectivity index (χ1v) is 9.87. The van der Waals surface area contributed by atoms with Gasteiger partial charge in [-0.1, -0.05) is 93.3 Å². The predicted molar refractivity (Wildman–Crippen MR) is 109 cm³/mol. The quantitative estimate of drug-likeness (QED) is 0.666. The van der Waals surface area contributed by atoms with Gasteiger partial charge >= 0.3 is 0 Å². The average molecular weight is 351 g/mol. The average Bonchev–Trinajstić information content (AvgIpc) is 2.70. The second-order valence-electron chi connectivity index (χ2n) is 6.88. The highest BCUT2D eigenvalue weighted by molar-refractivity contribution is 5.44. The van der Waals surface area contributed by atoms with Gasteiger partial charge in [0, 0.05) is 11.1 Å². The molecule has 2 aromatic carbocycles. The number of hydrogen-bond donors (Lipinski definition) is 2. The van der Waals surface area contributed by atoms with Crippen molar-refractivity contribution in [2.75, 3.05) is 19.6 Å². The molecule has 0 fully saturated rings. The van der Waals surface area contributed by atoms with Crippen LogP contribution in [0, 0.1) is 11.8 Å². The van der Waals surface area contributed by atoms with Crippen molar-refractivity contribution in [3.05, 3.63) is 71.8 Å². The normalized spacial score (nSPS) is 11.2. The fourth-order valence-corrected chi connectivity index (χ4v) is 3.12. The van der Waals surface area contributed by atoms with Gasteiger partial charge in [0.1, 0.15) is 6.54 Å². The molecule has 0 aliphatic heterocycles. The van der Waals surface area contributed by atoms with Gasteiger partial charge in [-0.05, 0) is 18.8 Å². The van der Waals surface area contributed by atoms with Crippen molar-refractivity contribution in [2.24, 2.45) is 0 Å². The Bertz CT molecular complexity index is 637. The minimum Gasteiger partial charge on any atom is -0.369 e. The van der Waals surface area contributed by atoms with Crippen molar-refractivity contribution in [3.8, 4) is 11.8 Å². The Labute approximate surface area is 158 Å². The van der Waals surface area contributed by atoms with Crippen LogP contribution in [-0.4, -0.2) is 24.7 Å². The molecule has 138 valence electrons. The van der Waals surface area contributed by atoms with Gasteiger partial charge in [-0.3, -0.25) is 0 Å². The molecule has 0 aliphatic carbocycles. The maximum absolute atomic E-state index is 11.4. The van der Waals surface area contributed by atoms with Gasteiger partial charge in [-0.25, -0.2) is 0 Å². The van der Waals surface area contributed by atoms with Crippen LogP contribution in [0.15, 0.2) is 60.7 Å². The molecule has 0 bridgehead atoms. The SMILES string of the molecule is CCCC[NH+](CC#CC(O)(c1ccccc1)c1ccccc1)CCCC. The van der Waals surface area contributed by atoms with E-state index in [0.29, 0.717) is 0 Å². The molecule has 0 radical (unpaired) electrons. The zero-order valence-corrected chi connectivity index (χ0v) is 16.2. The van der Waals surface area contributed by atoms with Crippen molar-refractivity contribution in [1.29, 1.82) is 0 Å². The van der Waals surface area contributed by atoms with Crippen LogP contribution in [0.1, 0.15) is 50.7 Å². The van der Waals surface area contributed by atoms with Crippen molar-refractivity contribution in [2.45, 2.75) is 45.1 Å². The van der Waals surface area contributed by atoms with E-state index in [-0.39, 0.29) is 0 Å². The number of nitrogens with one attached hydrogen (secondary N) is 1. The highest BCUT2D eigenvalue weighted by atomic mass is 16.3. The highest BCUT2D eigenvalue weighted by Gasteiger charge is 2.29. The Morgan fingerprint density at radius 1 is 0.808 bits per heavy atom. The molecule has 2 aromatic rings. The molecule has 0 heterocycles. The Morgan fingerprint density at radius 2 is 1.27 bits per heavy atom. The van der Waals surface area contributed by atoms with Gasteiger partial charge in [-0.15, -0.1) is 0 Å². The molecule has 2 nitrogen and oxygen atoms in total. The fourth-order valence-electron chi connectivity index (χ4n) is 3.12. The van der Waals surface area contributed by atoms with E-state index in [1.54, 1.807) is 0 Å². The third-order valence-corrected chi connectivity index (χ3v) is 4.76. The van der Waals surface area contributed by atoms with Crippen molar-refractivity contribution >= 4 is 0 Å². The number of unbranched alkanes of at least 4 members (excludes halogenated alkanes) is 2. The Balaban J connectivity index is 2.24. The lowest BCUT2D eigenvalue weighted by atomic mass is 9.87. The summed E-state index contributed by atoms with van der Waals surface area (Å²) in [5.41, 5.74) is 0.382. The molecule has 0 unspecified atom stereocenters. The van der Waals surface area contributed by atoms with Crippen molar-refractivity contribution in [3.63, 3.8) is 0 Å². The van der Waals surface area contributed by atoms with Crippen LogP contribution in [0.25, 0.3) is 0 Å². The summed E-state index contributed by atoms with van der Waals surface area (Å²) in [7, 11) is 0. The monoisotopic (exact) mass is 350 g/mol. The number of hydrogen-bond acceptors (Lipinski definition) is 1. The summed E-state index contributed by atoms with van der Waals surface area (Å²) >= 11 is 0. The molecule has 2 N–H and O–H groups in total. The first kappa shape index (κ1) is 20.2. The summed E-state index contributed by atoms with van der Waals surface area (Å²) in [4.78, 5) is 1.52. The zero-order chi connectivity index (χ0) is 18.7. The molecular formula is C24H32NO+. The minimum absolute atomic E-state index is 0.780. The molecule has 26 heavy (non-hydrogen) atoms. The van der Waals surface area contributed by atoms with Crippen LogP contribution in [0.5, 0.6) is 0 Å². The van der Waals surface area contributed by atoms with E-state index >= 15 is 0 Å². The first-order valence-electron chi connectivity index (χ1n) is 9.87. The Morgan fingerprint density at radius 3 is 1.69 bits per heavy atom. The first-order chi connectivity index (χ1) is 12.7. The molecule has 0 atom stereocenters. The summed E-state index contributed by atoms with van der Waals surface area (Å²) in [6.45, 7) is 7.54. The smallest absolute Gasteiger partial charge is 0.177 e. The lowest BCUT2D eigenvalue weighted by molar-refractivity contribution is -0.893. The molecule has 0 saturated carbocycles.